The minimum Gasteiger partial charge on any atom is -0.390 e. The van der Waals surface area contributed by atoms with E-state index >= 15 is 0 Å². The van der Waals surface area contributed by atoms with E-state index in [0.29, 0.717) is 23.0 Å². The molecule has 3 rings (SSSR count). The van der Waals surface area contributed by atoms with Crippen LogP contribution in [0.5, 0.6) is 0 Å². The minimum absolute atomic E-state index is 0.00327. The molecule has 6 nitrogen and oxygen atoms in total. The van der Waals surface area contributed by atoms with E-state index in [4.69, 9.17) is 5.11 Å². The molecule has 1 aliphatic rings. The first-order valence-electron chi connectivity index (χ1n) is 8.94. The van der Waals surface area contributed by atoms with E-state index < -0.39 is 34.8 Å². The Morgan fingerprint density at radius 3 is 2.72 bits per heavy atom. The van der Waals surface area contributed by atoms with Crippen LogP contribution >= 0.6 is 15.9 Å². The predicted octanol–water partition coefficient (Wildman–Crippen LogP) is 4.00. The number of carbonyl (C=O) groups excluding carboxylic acids is 1. The monoisotopic (exact) mass is 472 g/mol. The number of aryl methyl sites for hydroxylation is 1. The van der Waals surface area contributed by atoms with Gasteiger partial charge in [-0.05, 0) is 19.9 Å². The summed E-state index contributed by atoms with van der Waals surface area (Å²) >= 11 is 3.34. The number of carbonyl (C=O) groups is 1. The summed E-state index contributed by atoms with van der Waals surface area (Å²) in [6, 6.07) is 2.93. The van der Waals surface area contributed by atoms with Gasteiger partial charge in [-0.25, -0.2) is 14.4 Å². The molecule has 1 aromatic heterocycles. The van der Waals surface area contributed by atoms with Crippen LogP contribution in [-0.2, 0) is 10.7 Å². The third-order valence-corrected chi connectivity index (χ3v) is 6.09. The van der Waals surface area contributed by atoms with Crippen molar-refractivity contribution in [3.8, 4) is 0 Å². The molecule has 10 heteroatoms. The van der Waals surface area contributed by atoms with Crippen molar-refractivity contribution in [2.24, 2.45) is 0 Å². The maximum atomic E-state index is 14.8. The number of fused-ring (bicyclic) bond motifs is 1. The maximum absolute atomic E-state index is 14.8. The van der Waals surface area contributed by atoms with Gasteiger partial charge in [0, 0.05) is 17.0 Å². The van der Waals surface area contributed by atoms with E-state index in [1.807, 2.05) is 6.92 Å². The summed E-state index contributed by atoms with van der Waals surface area (Å²) in [5.74, 6) is -4.15. The lowest BCUT2D eigenvalue weighted by atomic mass is 9.94. The van der Waals surface area contributed by atoms with Crippen molar-refractivity contribution >= 4 is 33.5 Å². The van der Waals surface area contributed by atoms with Gasteiger partial charge in [-0.1, -0.05) is 35.0 Å². The highest BCUT2D eigenvalue weighted by Gasteiger charge is 2.37. The SMILES string of the molecule is Cc1nc2c(c(N[C@H](C)c3cccc(C(F)(F)CO)c3F)n1)C(C)C(Br)C(=O)N2. The molecule has 2 heterocycles. The van der Waals surface area contributed by atoms with Crippen molar-refractivity contribution < 1.29 is 23.1 Å². The summed E-state index contributed by atoms with van der Waals surface area (Å²) in [7, 11) is 0. The van der Waals surface area contributed by atoms with Crippen LogP contribution in [0.2, 0.25) is 0 Å². The highest BCUT2D eigenvalue weighted by molar-refractivity contribution is 9.10. The number of halogens is 4. The van der Waals surface area contributed by atoms with E-state index in [-0.39, 0.29) is 17.4 Å². The first-order chi connectivity index (χ1) is 13.6. The molecule has 0 fully saturated rings. The summed E-state index contributed by atoms with van der Waals surface area (Å²) in [4.78, 5) is 20.2. The van der Waals surface area contributed by atoms with Crippen LogP contribution in [0.25, 0.3) is 0 Å². The molecule has 0 spiro atoms. The number of amides is 1. The molecule has 2 aromatic rings. The van der Waals surface area contributed by atoms with Crippen molar-refractivity contribution in [2.75, 3.05) is 17.2 Å². The topological polar surface area (TPSA) is 87.1 Å². The fourth-order valence-electron chi connectivity index (χ4n) is 3.31. The van der Waals surface area contributed by atoms with E-state index in [1.165, 1.54) is 12.1 Å². The number of aliphatic hydroxyl groups excluding tert-OH is 1. The lowest BCUT2D eigenvalue weighted by Crippen LogP contribution is -2.34. The second kappa shape index (κ2) is 7.91. The zero-order chi connectivity index (χ0) is 21.5. The molecular weight excluding hydrogens is 453 g/mol. The predicted molar refractivity (Wildman–Crippen MR) is 106 cm³/mol. The van der Waals surface area contributed by atoms with Crippen LogP contribution in [0.3, 0.4) is 0 Å². The fraction of sp³-hybridized carbons (Fsp3) is 0.421. The van der Waals surface area contributed by atoms with Crippen LogP contribution in [0.4, 0.5) is 24.8 Å². The van der Waals surface area contributed by atoms with Crippen LogP contribution in [0.15, 0.2) is 18.2 Å². The van der Waals surface area contributed by atoms with Gasteiger partial charge in [0.05, 0.1) is 11.6 Å². The Morgan fingerprint density at radius 2 is 2.07 bits per heavy atom. The number of anilines is 2. The van der Waals surface area contributed by atoms with E-state index in [1.54, 1.807) is 13.8 Å². The van der Waals surface area contributed by atoms with Crippen molar-refractivity contribution in [3.05, 3.63) is 46.5 Å². The quantitative estimate of drug-likeness (QED) is 0.572. The van der Waals surface area contributed by atoms with Crippen molar-refractivity contribution in [3.63, 3.8) is 0 Å². The highest BCUT2D eigenvalue weighted by atomic mass is 79.9. The molecule has 0 saturated carbocycles. The molecule has 2 unspecified atom stereocenters. The van der Waals surface area contributed by atoms with Gasteiger partial charge in [-0.3, -0.25) is 4.79 Å². The Balaban J connectivity index is 2.00. The molecular formula is C19H20BrF3N4O2. The Kier molecular flexibility index (Phi) is 5.86. The van der Waals surface area contributed by atoms with Crippen LogP contribution in [-0.4, -0.2) is 32.4 Å². The number of aliphatic hydroxyl groups is 1. The number of rotatable bonds is 5. The summed E-state index contributed by atoms with van der Waals surface area (Å²) in [5, 5.41) is 14.7. The van der Waals surface area contributed by atoms with Gasteiger partial charge in [-0.15, -0.1) is 0 Å². The Bertz CT molecular complexity index is 957. The molecule has 0 bridgehead atoms. The second-order valence-electron chi connectivity index (χ2n) is 7.00. The second-order valence-corrected chi connectivity index (χ2v) is 7.99. The summed E-state index contributed by atoms with van der Waals surface area (Å²) in [6.45, 7) is 3.60. The standard InChI is InChI=1S/C19H20BrF3N4O2/c1-8-13-16(25-10(3)26-17(13)27-18(29)14(8)20)24-9(2)11-5-4-6-12(15(11)21)19(22,23)7-28/h4-6,8-9,14,28H,7H2,1-3H3,(H2,24,25,26,27,29)/t8?,9-,14?/m1/s1. The van der Waals surface area contributed by atoms with Crippen LogP contribution in [0.1, 0.15) is 48.3 Å². The number of nitrogens with zero attached hydrogens (tertiary/aromatic N) is 2. The number of hydrogen-bond acceptors (Lipinski definition) is 5. The van der Waals surface area contributed by atoms with E-state index in [0.717, 1.165) is 6.07 Å². The Labute approximate surface area is 174 Å². The van der Waals surface area contributed by atoms with Crippen LogP contribution in [0, 0.1) is 12.7 Å². The fourth-order valence-corrected chi connectivity index (χ4v) is 3.69. The average molecular weight is 473 g/mol. The molecule has 1 aliphatic heterocycles. The van der Waals surface area contributed by atoms with Gasteiger partial charge in [0.1, 0.15) is 34.7 Å². The minimum atomic E-state index is -3.69. The molecule has 0 aliphatic carbocycles. The molecule has 3 N–H and O–H groups in total. The average Bonchev–Trinajstić information content (AvgIpc) is 2.65. The zero-order valence-electron chi connectivity index (χ0n) is 15.9. The number of nitrogens with one attached hydrogen (secondary N) is 2. The third kappa shape index (κ3) is 3.95. The number of aromatic nitrogens is 2. The Hall–Kier alpha value is -2.20. The number of benzene rings is 1. The summed E-state index contributed by atoms with van der Waals surface area (Å²) in [5.41, 5.74) is -0.224. The van der Waals surface area contributed by atoms with Gasteiger partial charge in [0.2, 0.25) is 5.91 Å². The normalized spacial score (nSPS) is 20.1. The molecule has 0 radical (unpaired) electrons. The van der Waals surface area contributed by atoms with Crippen LogP contribution < -0.4 is 10.6 Å². The van der Waals surface area contributed by atoms with Gasteiger partial charge >= 0.3 is 0 Å². The van der Waals surface area contributed by atoms with E-state index in [9.17, 15) is 18.0 Å². The Morgan fingerprint density at radius 1 is 1.38 bits per heavy atom. The zero-order valence-corrected chi connectivity index (χ0v) is 17.5. The van der Waals surface area contributed by atoms with Gasteiger partial charge in [0.25, 0.3) is 5.92 Å². The van der Waals surface area contributed by atoms with Crippen molar-refractivity contribution in [1.82, 2.24) is 9.97 Å². The summed E-state index contributed by atoms with van der Waals surface area (Å²) in [6.07, 6.45) is 0. The summed E-state index contributed by atoms with van der Waals surface area (Å²) < 4.78 is 42.5. The molecule has 0 saturated heterocycles. The number of hydrogen-bond donors (Lipinski definition) is 3. The van der Waals surface area contributed by atoms with Crippen molar-refractivity contribution in [2.45, 2.75) is 43.5 Å². The first-order valence-corrected chi connectivity index (χ1v) is 9.86. The molecule has 29 heavy (non-hydrogen) atoms. The van der Waals surface area contributed by atoms with Gasteiger partial charge in [-0.2, -0.15) is 8.78 Å². The first kappa shape index (κ1) is 21.5. The van der Waals surface area contributed by atoms with E-state index in [2.05, 4.69) is 36.5 Å². The lowest BCUT2D eigenvalue weighted by Gasteiger charge is -2.29. The number of alkyl halides is 3. The third-order valence-electron chi connectivity index (χ3n) is 4.88. The highest BCUT2D eigenvalue weighted by Crippen LogP contribution is 2.40. The van der Waals surface area contributed by atoms with Crippen molar-refractivity contribution in [1.29, 1.82) is 0 Å². The molecule has 1 aromatic carbocycles. The lowest BCUT2D eigenvalue weighted by molar-refractivity contribution is -0.116. The van der Waals surface area contributed by atoms with Gasteiger partial charge < -0.3 is 15.7 Å². The molecule has 3 atom stereocenters. The van der Waals surface area contributed by atoms with Gasteiger partial charge in [0.15, 0.2) is 0 Å². The largest absolute Gasteiger partial charge is 0.390 e. The smallest absolute Gasteiger partial charge is 0.298 e. The molecule has 156 valence electrons. The maximum Gasteiger partial charge on any atom is 0.298 e. The molecule has 1 amide bonds.